The van der Waals surface area contributed by atoms with Gasteiger partial charge in [-0.05, 0) is 6.92 Å². The van der Waals surface area contributed by atoms with Gasteiger partial charge >= 0.3 is 5.69 Å². The summed E-state index contributed by atoms with van der Waals surface area (Å²) >= 11 is 0. The lowest BCUT2D eigenvalue weighted by atomic mass is 10.1. The molecule has 3 heterocycles. The maximum absolute atomic E-state index is 11.3. The van der Waals surface area contributed by atoms with E-state index in [0.717, 1.165) is 0 Å². The third-order valence-electron chi connectivity index (χ3n) is 3.65. The highest BCUT2D eigenvalue weighted by atomic mass is 16.6. The molecule has 0 amide bonds. The maximum Gasteiger partial charge on any atom is 0.333 e. The van der Waals surface area contributed by atoms with Crippen molar-refractivity contribution in [3.8, 4) is 5.82 Å². The number of hydrogen-bond donors (Lipinski definition) is 1. The van der Waals surface area contributed by atoms with Crippen LogP contribution in [-0.2, 0) is 4.74 Å². The summed E-state index contributed by atoms with van der Waals surface area (Å²) in [6, 6.07) is 0.0940. The van der Waals surface area contributed by atoms with E-state index in [-0.39, 0.29) is 17.5 Å². The minimum Gasteiger partial charge on any atom is -0.379 e. The molecule has 2 aromatic heterocycles. The Labute approximate surface area is 126 Å². The van der Waals surface area contributed by atoms with Crippen molar-refractivity contribution in [3.05, 3.63) is 34.5 Å². The summed E-state index contributed by atoms with van der Waals surface area (Å²) < 4.78 is 6.90. The first-order valence-corrected chi connectivity index (χ1v) is 6.92. The van der Waals surface area contributed by atoms with E-state index in [2.05, 4.69) is 27.2 Å². The summed E-state index contributed by atoms with van der Waals surface area (Å²) in [4.78, 5) is 23.2. The molecule has 0 radical (unpaired) electrons. The molecule has 2 unspecified atom stereocenters. The molecule has 0 bridgehead atoms. The Kier molecular flexibility index (Phi) is 3.72. The summed E-state index contributed by atoms with van der Waals surface area (Å²) in [7, 11) is 0. The quantitative estimate of drug-likeness (QED) is 0.670. The Balaban J connectivity index is 2.01. The topological polar surface area (TPSA) is 108 Å². The van der Waals surface area contributed by atoms with E-state index in [1.807, 2.05) is 0 Å². The van der Waals surface area contributed by atoms with Crippen LogP contribution in [0.2, 0.25) is 0 Å². The molecule has 9 nitrogen and oxygen atoms in total. The van der Waals surface area contributed by atoms with Crippen LogP contribution >= 0.6 is 0 Å². The zero-order valence-corrected chi connectivity index (χ0v) is 12.3. The largest absolute Gasteiger partial charge is 0.379 e. The van der Waals surface area contributed by atoms with Gasteiger partial charge in [-0.15, -0.1) is 0 Å². The van der Waals surface area contributed by atoms with Gasteiger partial charge in [-0.2, -0.15) is 4.98 Å². The second-order valence-corrected chi connectivity index (χ2v) is 5.30. The molecule has 1 saturated heterocycles. The van der Waals surface area contributed by atoms with Crippen molar-refractivity contribution in [2.45, 2.75) is 19.9 Å². The van der Waals surface area contributed by atoms with Crippen LogP contribution in [-0.4, -0.2) is 43.7 Å². The normalized spacial score (nSPS) is 21.0. The van der Waals surface area contributed by atoms with Crippen molar-refractivity contribution in [2.24, 2.45) is 5.92 Å². The van der Waals surface area contributed by atoms with E-state index in [0.29, 0.717) is 30.8 Å². The molecule has 1 N–H and O–H groups in total. The number of nitro groups is 1. The molecule has 0 saturated carbocycles. The van der Waals surface area contributed by atoms with E-state index in [1.54, 1.807) is 19.3 Å². The fourth-order valence-corrected chi connectivity index (χ4v) is 2.41. The summed E-state index contributed by atoms with van der Waals surface area (Å²) in [5.74, 6) is 0.883. The zero-order valence-electron chi connectivity index (χ0n) is 12.3. The van der Waals surface area contributed by atoms with Crippen LogP contribution in [0.25, 0.3) is 5.82 Å². The van der Waals surface area contributed by atoms with Crippen molar-refractivity contribution < 1.29 is 9.66 Å². The summed E-state index contributed by atoms with van der Waals surface area (Å²) in [5.41, 5.74) is 0.178. The maximum atomic E-state index is 11.3. The summed E-state index contributed by atoms with van der Waals surface area (Å²) in [6.45, 7) is 4.92. The van der Waals surface area contributed by atoms with Crippen molar-refractivity contribution in [1.29, 1.82) is 0 Å². The van der Waals surface area contributed by atoms with Gasteiger partial charge in [0.2, 0.25) is 11.8 Å². The summed E-state index contributed by atoms with van der Waals surface area (Å²) in [6.07, 6.45) is 4.63. The number of aryl methyl sites for hydroxylation is 1. The molecule has 2 atom stereocenters. The molecule has 2 aromatic rings. The molecule has 9 heteroatoms. The minimum atomic E-state index is -0.476. The van der Waals surface area contributed by atoms with E-state index in [9.17, 15) is 10.1 Å². The second-order valence-electron chi connectivity index (χ2n) is 5.30. The molecule has 1 aliphatic heterocycles. The van der Waals surface area contributed by atoms with Crippen LogP contribution in [0.3, 0.4) is 0 Å². The first kappa shape index (κ1) is 14.4. The molecule has 1 aliphatic rings. The fraction of sp³-hybridized carbons (Fsp3) is 0.462. The highest BCUT2D eigenvalue weighted by Crippen LogP contribution is 2.26. The van der Waals surface area contributed by atoms with Crippen LogP contribution in [0.1, 0.15) is 12.6 Å². The Morgan fingerprint density at radius 3 is 2.86 bits per heavy atom. The number of anilines is 1. The predicted octanol–water partition coefficient (Wildman–Crippen LogP) is 1.33. The molecule has 3 rings (SSSR count). The number of ether oxygens (including phenoxy) is 1. The van der Waals surface area contributed by atoms with Crippen LogP contribution in [0, 0.1) is 23.0 Å². The lowest BCUT2D eigenvalue weighted by molar-refractivity contribution is -0.385. The monoisotopic (exact) mass is 304 g/mol. The van der Waals surface area contributed by atoms with Gasteiger partial charge in [-0.25, -0.2) is 9.97 Å². The van der Waals surface area contributed by atoms with Crippen molar-refractivity contribution in [1.82, 2.24) is 19.5 Å². The molecular formula is C13H16N6O3. The Bertz CT molecular complexity index is 687. The Hall–Kier alpha value is -2.55. The average molecular weight is 304 g/mol. The lowest BCUT2D eigenvalue weighted by Gasteiger charge is -2.16. The molecule has 0 spiro atoms. The number of nitrogens with zero attached hydrogens (tertiary/aromatic N) is 5. The molecule has 22 heavy (non-hydrogen) atoms. The number of rotatable bonds is 4. The molecule has 1 fully saturated rings. The zero-order chi connectivity index (χ0) is 15.7. The standard InChI is InChI=1S/C13H16N6O3/c1-8-5-22-6-10(8)16-13-15-9(2)11(19(20)21)12(17-13)18-4-3-14-7-18/h3-4,7-8,10H,5-6H2,1-2H3,(H,15,16,17). The van der Waals surface area contributed by atoms with Gasteiger partial charge in [0, 0.05) is 18.3 Å². The molecule has 0 aliphatic carbocycles. The van der Waals surface area contributed by atoms with Gasteiger partial charge in [0.1, 0.15) is 12.0 Å². The number of hydrogen-bond acceptors (Lipinski definition) is 7. The summed E-state index contributed by atoms with van der Waals surface area (Å²) in [5, 5.41) is 14.5. The first-order chi connectivity index (χ1) is 10.6. The van der Waals surface area contributed by atoms with Gasteiger partial charge in [0.25, 0.3) is 0 Å². The van der Waals surface area contributed by atoms with E-state index in [4.69, 9.17) is 4.74 Å². The minimum absolute atomic E-state index is 0.0940. The fourth-order valence-electron chi connectivity index (χ4n) is 2.41. The molecular weight excluding hydrogens is 288 g/mol. The van der Waals surface area contributed by atoms with Gasteiger partial charge in [-0.3, -0.25) is 14.7 Å². The molecule has 116 valence electrons. The molecule has 0 aromatic carbocycles. The highest BCUT2D eigenvalue weighted by Gasteiger charge is 2.27. The van der Waals surface area contributed by atoms with Gasteiger partial charge in [-0.1, -0.05) is 6.92 Å². The second kappa shape index (κ2) is 5.68. The van der Waals surface area contributed by atoms with Crippen molar-refractivity contribution in [2.75, 3.05) is 18.5 Å². The van der Waals surface area contributed by atoms with Crippen molar-refractivity contribution >= 4 is 11.6 Å². The number of imidazole rings is 1. The lowest BCUT2D eigenvalue weighted by Crippen LogP contribution is -2.27. The van der Waals surface area contributed by atoms with Gasteiger partial charge in [0.05, 0.1) is 24.2 Å². The number of nitrogens with one attached hydrogen (secondary N) is 1. The van der Waals surface area contributed by atoms with E-state index in [1.165, 1.54) is 10.9 Å². The highest BCUT2D eigenvalue weighted by molar-refractivity contribution is 5.53. The van der Waals surface area contributed by atoms with E-state index < -0.39 is 4.92 Å². The van der Waals surface area contributed by atoms with Crippen LogP contribution in [0.15, 0.2) is 18.7 Å². The van der Waals surface area contributed by atoms with E-state index >= 15 is 0 Å². The Morgan fingerprint density at radius 1 is 1.45 bits per heavy atom. The third-order valence-corrected chi connectivity index (χ3v) is 3.65. The van der Waals surface area contributed by atoms with Gasteiger partial charge < -0.3 is 10.1 Å². The average Bonchev–Trinajstić information content (AvgIpc) is 3.10. The number of aromatic nitrogens is 4. The van der Waals surface area contributed by atoms with Crippen LogP contribution in [0.4, 0.5) is 11.6 Å². The van der Waals surface area contributed by atoms with Crippen molar-refractivity contribution in [3.63, 3.8) is 0 Å². The van der Waals surface area contributed by atoms with Gasteiger partial charge in [0.15, 0.2) is 0 Å². The first-order valence-electron chi connectivity index (χ1n) is 6.92. The Morgan fingerprint density at radius 2 is 2.27 bits per heavy atom. The smallest absolute Gasteiger partial charge is 0.333 e. The third kappa shape index (κ3) is 2.62. The SMILES string of the molecule is Cc1nc(NC2COCC2C)nc(-n2ccnc2)c1[N+](=O)[O-]. The van der Waals surface area contributed by atoms with Crippen LogP contribution in [0.5, 0.6) is 0 Å². The van der Waals surface area contributed by atoms with Crippen LogP contribution < -0.4 is 5.32 Å². The predicted molar refractivity (Wildman–Crippen MR) is 77.9 cm³/mol.